The molecule has 0 atom stereocenters. The number of hydrogen-bond donors (Lipinski definition) is 1. The van der Waals surface area contributed by atoms with Gasteiger partial charge >= 0.3 is 6.03 Å². The molecule has 0 aromatic carbocycles. The molecule has 2 fully saturated rings. The number of urea groups is 1. The molecule has 2 rings (SSSR count). The van der Waals surface area contributed by atoms with Crippen LogP contribution in [0.4, 0.5) is 4.79 Å². The Labute approximate surface area is 122 Å². The highest BCUT2D eigenvalue weighted by Crippen LogP contribution is 2.33. The van der Waals surface area contributed by atoms with Crippen molar-refractivity contribution in [1.29, 1.82) is 0 Å². The van der Waals surface area contributed by atoms with E-state index in [-0.39, 0.29) is 11.6 Å². The van der Waals surface area contributed by atoms with Crippen molar-refractivity contribution in [3.8, 4) is 0 Å². The van der Waals surface area contributed by atoms with Crippen molar-refractivity contribution in [2.24, 2.45) is 5.92 Å². The van der Waals surface area contributed by atoms with Gasteiger partial charge in [0.25, 0.3) is 0 Å². The third kappa shape index (κ3) is 4.09. The molecule has 1 heterocycles. The van der Waals surface area contributed by atoms with Gasteiger partial charge in [0.05, 0.1) is 12.2 Å². The lowest BCUT2D eigenvalue weighted by molar-refractivity contribution is -0.0444. The number of amides is 2. The molecule has 0 bridgehead atoms. The predicted molar refractivity (Wildman–Crippen MR) is 77.8 cm³/mol. The van der Waals surface area contributed by atoms with Crippen LogP contribution < -0.4 is 5.32 Å². The van der Waals surface area contributed by atoms with Crippen LogP contribution in [0.1, 0.15) is 39.0 Å². The van der Waals surface area contributed by atoms with Gasteiger partial charge in [-0.25, -0.2) is 4.79 Å². The number of ether oxygens (including phenoxy) is 2. The zero-order chi connectivity index (χ0) is 14.4. The molecule has 20 heavy (non-hydrogen) atoms. The van der Waals surface area contributed by atoms with E-state index in [1.807, 2.05) is 4.90 Å². The van der Waals surface area contributed by atoms with Crippen molar-refractivity contribution in [2.75, 3.05) is 40.0 Å². The summed E-state index contributed by atoms with van der Waals surface area (Å²) in [6.07, 6.45) is 5.35. The third-order valence-electron chi connectivity index (χ3n) is 4.69. The molecular formula is C15H28N2O3. The second-order valence-electron chi connectivity index (χ2n) is 6.18. The Morgan fingerprint density at radius 2 is 2.10 bits per heavy atom. The summed E-state index contributed by atoms with van der Waals surface area (Å²) in [7, 11) is 1.77. The van der Waals surface area contributed by atoms with Gasteiger partial charge in [-0.15, -0.1) is 0 Å². The predicted octanol–water partition coefficient (Wildman–Crippen LogP) is 2.01. The van der Waals surface area contributed by atoms with Gasteiger partial charge in [0.2, 0.25) is 0 Å². The van der Waals surface area contributed by atoms with E-state index in [1.165, 1.54) is 12.8 Å². The average molecular weight is 284 g/mol. The van der Waals surface area contributed by atoms with Crippen molar-refractivity contribution in [3.05, 3.63) is 0 Å². The van der Waals surface area contributed by atoms with Crippen LogP contribution in [0.15, 0.2) is 0 Å². The van der Waals surface area contributed by atoms with Crippen LogP contribution in [0, 0.1) is 5.92 Å². The Balaban J connectivity index is 1.81. The molecule has 1 saturated carbocycles. The van der Waals surface area contributed by atoms with Crippen LogP contribution >= 0.6 is 0 Å². The summed E-state index contributed by atoms with van der Waals surface area (Å²) in [4.78, 5) is 14.1. The highest BCUT2D eigenvalue weighted by molar-refractivity contribution is 5.74. The monoisotopic (exact) mass is 284 g/mol. The Bertz CT molecular complexity index is 306. The van der Waals surface area contributed by atoms with E-state index in [0.29, 0.717) is 19.7 Å². The largest absolute Gasteiger partial charge is 0.380 e. The summed E-state index contributed by atoms with van der Waals surface area (Å²) in [6.45, 7) is 5.76. The summed E-state index contributed by atoms with van der Waals surface area (Å²) in [5.41, 5.74) is -0.162. The number of rotatable bonds is 3. The van der Waals surface area contributed by atoms with Crippen LogP contribution in [0.2, 0.25) is 0 Å². The zero-order valence-corrected chi connectivity index (χ0v) is 12.8. The van der Waals surface area contributed by atoms with Crippen LogP contribution in [0.3, 0.4) is 0 Å². The Morgan fingerprint density at radius 1 is 1.35 bits per heavy atom. The van der Waals surface area contributed by atoms with Crippen LogP contribution in [-0.4, -0.2) is 56.5 Å². The fourth-order valence-corrected chi connectivity index (χ4v) is 3.04. The Hall–Kier alpha value is -0.810. The van der Waals surface area contributed by atoms with Gasteiger partial charge in [-0.3, -0.25) is 0 Å². The van der Waals surface area contributed by atoms with Gasteiger partial charge in [-0.2, -0.15) is 0 Å². The smallest absolute Gasteiger partial charge is 0.317 e. The van der Waals surface area contributed by atoms with Crippen molar-refractivity contribution in [3.63, 3.8) is 0 Å². The maximum Gasteiger partial charge on any atom is 0.317 e. The van der Waals surface area contributed by atoms with E-state index in [9.17, 15) is 4.79 Å². The van der Waals surface area contributed by atoms with E-state index >= 15 is 0 Å². The van der Waals surface area contributed by atoms with Gasteiger partial charge in [0.15, 0.2) is 0 Å². The summed E-state index contributed by atoms with van der Waals surface area (Å²) >= 11 is 0. The van der Waals surface area contributed by atoms with Crippen molar-refractivity contribution < 1.29 is 14.3 Å². The van der Waals surface area contributed by atoms with Crippen LogP contribution in [0.5, 0.6) is 0 Å². The first kappa shape index (κ1) is 15.6. The van der Waals surface area contributed by atoms with Gasteiger partial charge in [0, 0.05) is 33.4 Å². The minimum atomic E-state index is -0.162. The molecule has 0 unspecified atom stereocenters. The molecule has 1 saturated heterocycles. The number of hydrogen-bond acceptors (Lipinski definition) is 3. The van der Waals surface area contributed by atoms with Gasteiger partial charge in [0.1, 0.15) is 0 Å². The molecule has 2 aliphatic rings. The first-order valence-corrected chi connectivity index (χ1v) is 7.81. The first-order chi connectivity index (χ1) is 9.65. The van der Waals surface area contributed by atoms with Crippen molar-refractivity contribution in [1.82, 2.24) is 10.2 Å². The molecule has 0 aromatic heterocycles. The lowest BCUT2D eigenvalue weighted by Crippen LogP contribution is -2.50. The maximum absolute atomic E-state index is 12.2. The quantitative estimate of drug-likeness (QED) is 0.862. The lowest BCUT2D eigenvalue weighted by atomic mass is 9.79. The van der Waals surface area contributed by atoms with E-state index in [4.69, 9.17) is 9.47 Å². The van der Waals surface area contributed by atoms with Crippen LogP contribution in [-0.2, 0) is 9.47 Å². The number of nitrogens with zero attached hydrogens (tertiary/aromatic N) is 1. The van der Waals surface area contributed by atoms with Crippen molar-refractivity contribution in [2.45, 2.75) is 44.6 Å². The van der Waals surface area contributed by atoms with Gasteiger partial charge in [-0.05, 0) is 38.0 Å². The maximum atomic E-state index is 12.2. The molecular weight excluding hydrogens is 256 g/mol. The van der Waals surface area contributed by atoms with E-state index < -0.39 is 0 Å². The third-order valence-corrected chi connectivity index (χ3v) is 4.69. The zero-order valence-electron chi connectivity index (χ0n) is 12.8. The van der Waals surface area contributed by atoms with E-state index in [2.05, 4.69) is 12.2 Å². The normalized spacial score (nSPS) is 31.7. The SMILES string of the molecule is COC1(CNC(=O)N2CCCOCC2)CCC(C)CC1. The Morgan fingerprint density at radius 3 is 2.80 bits per heavy atom. The molecule has 1 aliphatic heterocycles. The van der Waals surface area contributed by atoms with Gasteiger partial charge in [-0.1, -0.05) is 6.92 Å². The molecule has 5 nitrogen and oxygen atoms in total. The summed E-state index contributed by atoms with van der Waals surface area (Å²) in [5, 5.41) is 3.06. The average Bonchev–Trinajstić information content (AvgIpc) is 2.76. The summed E-state index contributed by atoms with van der Waals surface area (Å²) in [5.74, 6) is 0.775. The van der Waals surface area contributed by atoms with Crippen molar-refractivity contribution >= 4 is 6.03 Å². The van der Waals surface area contributed by atoms with Gasteiger partial charge < -0.3 is 19.7 Å². The van der Waals surface area contributed by atoms with E-state index in [0.717, 1.165) is 38.3 Å². The molecule has 116 valence electrons. The minimum absolute atomic E-state index is 0.0190. The number of nitrogens with one attached hydrogen (secondary N) is 1. The standard InChI is InChI=1S/C15H28N2O3/c1-13-4-6-15(19-2,7-5-13)12-16-14(18)17-8-3-10-20-11-9-17/h13H,3-12H2,1-2H3,(H,16,18). The highest BCUT2D eigenvalue weighted by Gasteiger charge is 2.34. The molecule has 0 aromatic rings. The number of carbonyl (C=O) groups is 1. The molecule has 0 radical (unpaired) electrons. The topological polar surface area (TPSA) is 50.8 Å². The summed E-state index contributed by atoms with van der Waals surface area (Å²) < 4.78 is 11.1. The number of carbonyl (C=O) groups excluding carboxylic acids is 1. The van der Waals surface area contributed by atoms with Crippen LogP contribution in [0.25, 0.3) is 0 Å². The molecule has 1 aliphatic carbocycles. The number of methoxy groups -OCH3 is 1. The fourth-order valence-electron chi connectivity index (χ4n) is 3.04. The molecule has 0 spiro atoms. The first-order valence-electron chi connectivity index (χ1n) is 7.81. The lowest BCUT2D eigenvalue weighted by Gasteiger charge is -2.38. The van der Waals surface area contributed by atoms with E-state index in [1.54, 1.807) is 7.11 Å². The molecule has 5 heteroatoms. The molecule has 1 N–H and O–H groups in total. The molecule has 2 amide bonds. The fraction of sp³-hybridized carbons (Fsp3) is 0.933. The summed E-state index contributed by atoms with van der Waals surface area (Å²) in [6, 6.07) is 0.0190. The second kappa shape index (κ2) is 7.27. The second-order valence-corrected chi connectivity index (χ2v) is 6.18. The highest BCUT2D eigenvalue weighted by atomic mass is 16.5. The minimum Gasteiger partial charge on any atom is -0.380 e. The Kier molecular flexibility index (Phi) is 5.66.